The van der Waals surface area contributed by atoms with Gasteiger partial charge in [0.05, 0.1) is 5.75 Å². The third-order valence-corrected chi connectivity index (χ3v) is 4.78. The number of amides is 1. The number of hydrogen-bond acceptors (Lipinski definition) is 5. The molecule has 0 spiro atoms. The Hall–Kier alpha value is -2.54. The van der Waals surface area contributed by atoms with Crippen LogP contribution in [0.25, 0.3) is 0 Å². The molecule has 2 aromatic carbocycles. The highest BCUT2D eigenvalue weighted by atomic mass is 32.2. The van der Waals surface area contributed by atoms with Crippen molar-refractivity contribution < 1.29 is 22.7 Å². The van der Waals surface area contributed by atoms with Gasteiger partial charge in [0.15, 0.2) is 21.3 Å². The molecule has 1 N–H and O–H groups in total. The third kappa shape index (κ3) is 4.98. The van der Waals surface area contributed by atoms with E-state index >= 15 is 0 Å². The standard InChI is InChI=1S/C19H21NO5S/c1-26(22,23)13-15-3-2-4-16(11-15)19(21)20-8-7-14-5-6-17-18(12-14)25-10-9-24-17/h2-6,11-12H,7-10,13H2,1H3,(H,20,21). The lowest BCUT2D eigenvalue weighted by molar-refractivity contribution is 0.0954. The van der Waals surface area contributed by atoms with Gasteiger partial charge in [-0.05, 0) is 41.8 Å². The van der Waals surface area contributed by atoms with Gasteiger partial charge in [0.2, 0.25) is 0 Å². The van der Waals surface area contributed by atoms with Crippen molar-refractivity contribution >= 4 is 15.7 Å². The number of nitrogens with one attached hydrogen (secondary N) is 1. The Labute approximate surface area is 153 Å². The van der Waals surface area contributed by atoms with Gasteiger partial charge >= 0.3 is 0 Å². The summed E-state index contributed by atoms with van der Waals surface area (Å²) in [5, 5.41) is 2.86. The molecule has 26 heavy (non-hydrogen) atoms. The molecule has 0 aromatic heterocycles. The van der Waals surface area contributed by atoms with Crippen LogP contribution >= 0.6 is 0 Å². The molecule has 1 aliphatic heterocycles. The van der Waals surface area contributed by atoms with E-state index in [1.165, 1.54) is 6.26 Å². The molecule has 0 bridgehead atoms. The molecule has 7 heteroatoms. The van der Waals surface area contributed by atoms with Gasteiger partial charge in [0, 0.05) is 18.4 Å². The van der Waals surface area contributed by atoms with Crippen molar-refractivity contribution in [3.05, 3.63) is 59.2 Å². The summed E-state index contributed by atoms with van der Waals surface area (Å²) in [5.41, 5.74) is 2.10. The average molecular weight is 375 g/mol. The number of sulfone groups is 1. The van der Waals surface area contributed by atoms with Crippen LogP contribution in [0.1, 0.15) is 21.5 Å². The maximum atomic E-state index is 12.3. The second-order valence-corrected chi connectivity index (χ2v) is 8.39. The fraction of sp³-hybridized carbons (Fsp3) is 0.316. The number of ether oxygens (including phenoxy) is 2. The molecular formula is C19H21NO5S. The van der Waals surface area contributed by atoms with Gasteiger partial charge in [-0.15, -0.1) is 0 Å². The van der Waals surface area contributed by atoms with Crippen LogP contribution in [0.2, 0.25) is 0 Å². The van der Waals surface area contributed by atoms with E-state index in [1.807, 2.05) is 18.2 Å². The number of carbonyl (C=O) groups is 1. The minimum Gasteiger partial charge on any atom is -0.486 e. The van der Waals surface area contributed by atoms with Crippen molar-refractivity contribution in [2.75, 3.05) is 26.0 Å². The van der Waals surface area contributed by atoms with Crippen LogP contribution in [0.3, 0.4) is 0 Å². The molecule has 0 saturated carbocycles. The first kappa shape index (κ1) is 18.3. The first-order valence-electron chi connectivity index (χ1n) is 8.34. The quantitative estimate of drug-likeness (QED) is 0.835. The molecule has 0 radical (unpaired) electrons. The predicted molar refractivity (Wildman–Crippen MR) is 98.5 cm³/mol. The van der Waals surface area contributed by atoms with E-state index in [0.717, 1.165) is 17.1 Å². The van der Waals surface area contributed by atoms with Crippen LogP contribution in [-0.2, 0) is 22.0 Å². The van der Waals surface area contributed by atoms with E-state index in [9.17, 15) is 13.2 Å². The molecule has 1 amide bonds. The summed E-state index contributed by atoms with van der Waals surface area (Å²) in [6.45, 7) is 1.56. The maximum Gasteiger partial charge on any atom is 0.251 e. The SMILES string of the molecule is CS(=O)(=O)Cc1cccc(C(=O)NCCc2ccc3c(c2)OCCO3)c1. The molecule has 1 aliphatic rings. The Morgan fingerprint density at radius 1 is 1.04 bits per heavy atom. The fourth-order valence-electron chi connectivity index (χ4n) is 2.77. The monoisotopic (exact) mass is 375 g/mol. The lowest BCUT2D eigenvalue weighted by atomic mass is 10.1. The number of rotatable bonds is 6. The van der Waals surface area contributed by atoms with Crippen molar-refractivity contribution in [1.29, 1.82) is 0 Å². The van der Waals surface area contributed by atoms with Gasteiger partial charge in [-0.2, -0.15) is 0 Å². The molecule has 0 fully saturated rings. The van der Waals surface area contributed by atoms with Crippen LogP contribution in [-0.4, -0.2) is 40.3 Å². The summed E-state index contributed by atoms with van der Waals surface area (Å²) in [7, 11) is -3.13. The Balaban J connectivity index is 1.56. The fourth-order valence-corrected chi connectivity index (χ4v) is 3.56. The molecule has 0 atom stereocenters. The molecule has 6 nitrogen and oxygen atoms in total. The predicted octanol–water partition coefficient (Wildman–Crippen LogP) is 1.97. The molecule has 0 aliphatic carbocycles. The average Bonchev–Trinajstić information content (AvgIpc) is 2.60. The lowest BCUT2D eigenvalue weighted by Gasteiger charge is -2.18. The zero-order valence-corrected chi connectivity index (χ0v) is 15.3. The zero-order valence-electron chi connectivity index (χ0n) is 14.5. The van der Waals surface area contributed by atoms with E-state index < -0.39 is 9.84 Å². The van der Waals surface area contributed by atoms with E-state index in [2.05, 4.69) is 5.32 Å². The van der Waals surface area contributed by atoms with Gasteiger partial charge in [-0.25, -0.2) is 8.42 Å². The molecular weight excluding hydrogens is 354 g/mol. The van der Waals surface area contributed by atoms with Crippen LogP contribution in [0, 0.1) is 0 Å². The van der Waals surface area contributed by atoms with Gasteiger partial charge in [-0.3, -0.25) is 4.79 Å². The number of hydrogen-bond donors (Lipinski definition) is 1. The Bertz CT molecular complexity index is 908. The lowest BCUT2D eigenvalue weighted by Crippen LogP contribution is -2.26. The molecule has 3 rings (SSSR count). The number of fused-ring (bicyclic) bond motifs is 1. The van der Waals surface area contributed by atoms with Crippen LogP contribution in [0.15, 0.2) is 42.5 Å². The minimum atomic E-state index is -3.13. The van der Waals surface area contributed by atoms with E-state index in [-0.39, 0.29) is 11.7 Å². The molecule has 138 valence electrons. The van der Waals surface area contributed by atoms with Crippen LogP contribution < -0.4 is 14.8 Å². The zero-order chi connectivity index (χ0) is 18.6. The van der Waals surface area contributed by atoms with Crippen molar-refractivity contribution in [1.82, 2.24) is 5.32 Å². The molecule has 1 heterocycles. The third-order valence-electron chi connectivity index (χ3n) is 3.92. The van der Waals surface area contributed by atoms with Crippen LogP contribution in [0.5, 0.6) is 11.5 Å². The molecule has 0 saturated heterocycles. The van der Waals surface area contributed by atoms with E-state index in [1.54, 1.807) is 24.3 Å². The Morgan fingerprint density at radius 3 is 2.58 bits per heavy atom. The van der Waals surface area contributed by atoms with Crippen molar-refractivity contribution in [2.24, 2.45) is 0 Å². The topological polar surface area (TPSA) is 81.7 Å². The van der Waals surface area contributed by atoms with Gasteiger partial charge < -0.3 is 14.8 Å². The van der Waals surface area contributed by atoms with Crippen molar-refractivity contribution in [2.45, 2.75) is 12.2 Å². The largest absolute Gasteiger partial charge is 0.486 e. The first-order chi connectivity index (χ1) is 12.4. The summed E-state index contributed by atoms with van der Waals surface area (Å²) in [6.07, 6.45) is 1.83. The second-order valence-electron chi connectivity index (χ2n) is 6.25. The summed E-state index contributed by atoms with van der Waals surface area (Å²) < 4.78 is 33.8. The molecule has 2 aromatic rings. The summed E-state index contributed by atoms with van der Waals surface area (Å²) in [6, 6.07) is 12.4. The minimum absolute atomic E-state index is 0.0781. The summed E-state index contributed by atoms with van der Waals surface area (Å²) in [5.74, 6) is 1.17. The second kappa shape index (κ2) is 7.78. The summed E-state index contributed by atoms with van der Waals surface area (Å²) in [4.78, 5) is 12.3. The van der Waals surface area contributed by atoms with E-state index in [0.29, 0.717) is 37.3 Å². The highest BCUT2D eigenvalue weighted by Crippen LogP contribution is 2.30. The van der Waals surface area contributed by atoms with Crippen molar-refractivity contribution in [3.63, 3.8) is 0 Å². The van der Waals surface area contributed by atoms with Gasteiger partial charge in [0.25, 0.3) is 5.91 Å². The molecule has 0 unspecified atom stereocenters. The number of benzene rings is 2. The smallest absolute Gasteiger partial charge is 0.251 e. The maximum absolute atomic E-state index is 12.3. The number of carbonyl (C=O) groups excluding carboxylic acids is 1. The van der Waals surface area contributed by atoms with E-state index in [4.69, 9.17) is 9.47 Å². The van der Waals surface area contributed by atoms with Crippen molar-refractivity contribution in [3.8, 4) is 11.5 Å². The van der Waals surface area contributed by atoms with Crippen LogP contribution in [0.4, 0.5) is 0 Å². The summed E-state index contributed by atoms with van der Waals surface area (Å²) >= 11 is 0. The van der Waals surface area contributed by atoms with Gasteiger partial charge in [0.1, 0.15) is 13.2 Å². The first-order valence-corrected chi connectivity index (χ1v) is 10.4. The Morgan fingerprint density at radius 2 is 1.81 bits per heavy atom. The highest BCUT2D eigenvalue weighted by Gasteiger charge is 2.12. The highest BCUT2D eigenvalue weighted by molar-refractivity contribution is 7.89. The normalized spacial score (nSPS) is 13.3. The Kier molecular flexibility index (Phi) is 5.46. The van der Waals surface area contributed by atoms with Gasteiger partial charge in [-0.1, -0.05) is 18.2 Å².